The van der Waals surface area contributed by atoms with Crippen molar-refractivity contribution >= 4 is 0 Å². The lowest BCUT2D eigenvalue weighted by molar-refractivity contribution is -0.388. The van der Waals surface area contributed by atoms with E-state index in [4.69, 9.17) is 28.4 Å². The smallest absolute Gasteiger partial charge is 0.187 e. The van der Waals surface area contributed by atoms with E-state index < -0.39 is 116 Å². The second-order valence-electron chi connectivity index (χ2n) is 23.1. The second kappa shape index (κ2) is 17.2. The molecule has 0 bridgehead atoms. The van der Waals surface area contributed by atoms with Crippen LogP contribution in [-0.4, -0.2) is 168 Å². The summed E-state index contributed by atoms with van der Waals surface area (Å²) in [7, 11) is 0. The van der Waals surface area contributed by atoms with E-state index in [0.29, 0.717) is 24.7 Å². The summed E-state index contributed by atoms with van der Waals surface area (Å²) in [5.74, 6) is 1.38. The molecule has 64 heavy (non-hydrogen) atoms. The van der Waals surface area contributed by atoms with E-state index in [-0.39, 0.29) is 46.5 Å². The Hall–Kier alpha value is -0.900. The quantitative estimate of drug-likeness (QED) is 0.128. The minimum atomic E-state index is -1.80. The molecule has 0 amide bonds. The third-order valence-electron chi connectivity index (χ3n) is 19.9. The topological polar surface area (TPSA) is 258 Å². The van der Waals surface area contributed by atoms with Crippen molar-refractivity contribution in [3.8, 4) is 0 Å². The summed E-state index contributed by atoms with van der Waals surface area (Å²) < 4.78 is 37.2. The highest BCUT2D eigenvalue weighted by atomic mass is 16.8. The molecule has 4 saturated carbocycles. The first kappa shape index (κ1) is 49.5. The van der Waals surface area contributed by atoms with Crippen LogP contribution in [0.3, 0.4) is 0 Å². The molecule has 0 aromatic carbocycles. The van der Waals surface area contributed by atoms with Crippen LogP contribution >= 0.6 is 0 Å². The van der Waals surface area contributed by atoms with Crippen LogP contribution in [0.1, 0.15) is 114 Å². The molecular formula is C48H80O16. The molecule has 0 spiro atoms. The lowest BCUT2D eigenvalue weighted by Crippen LogP contribution is -2.67. The molecule has 10 N–H and O–H groups in total. The molecule has 0 radical (unpaired) electrons. The van der Waals surface area contributed by atoms with Crippen molar-refractivity contribution in [3.63, 3.8) is 0 Å². The number of hydrogen-bond donors (Lipinski definition) is 10. The fraction of sp³-hybridized carbons (Fsp3) is 0.958. The van der Waals surface area contributed by atoms with Gasteiger partial charge in [-0.1, -0.05) is 55.4 Å². The van der Waals surface area contributed by atoms with Crippen LogP contribution in [0.25, 0.3) is 0 Å². The number of ether oxygens (including phenoxy) is 6. The normalized spacial score (nSPS) is 57.6. The lowest BCUT2D eigenvalue weighted by Gasteiger charge is -2.71. The maximum absolute atomic E-state index is 12.5. The second-order valence-corrected chi connectivity index (χ2v) is 23.1. The van der Waals surface area contributed by atoms with Crippen LogP contribution in [0.15, 0.2) is 11.1 Å². The van der Waals surface area contributed by atoms with Crippen molar-refractivity contribution in [2.45, 2.75) is 218 Å². The van der Waals surface area contributed by atoms with Gasteiger partial charge in [-0.15, -0.1) is 0 Å². The molecule has 0 aromatic rings. The van der Waals surface area contributed by atoms with Gasteiger partial charge < -0.3 is 79.5 Å². The largest absolute Gasteiger partial charge is 0.394 e. The molecule has 3 saturated heterocycles. The van der Waals surface area contributed by atoms with Crippen molar-refractivity contribution < 1.29 is 79.5 Å². The van der Waals surface area contributed by atoms with Gasteiger partial charge in [-0.2, -0.15) is 0 Å². The zero-order chi connectivity index (χ0) is 47.0. The molecule has 4 unspecified atom stereocenters. The van der Waals surface area contributed by atoms with Crippen molar-refractivity contribution in [2.75, 3.05) is 13.2 Å². The van der Waals surface area contributed by atoms with Gasteiger partial charge >= 0.3 is 0 Å². The first-order chi connectivity index (χ1) is 29.8. The number of aliphatic hydroxyl groups excluding tert-OH is 9. The Kier molecular flexibility index (Phi) is 13.3. The van der Waals surface area contributed by atoms with Gasteiger partial charge in [-0.25, -0.2) is 0 Å². The maximum atomic E-state index is 12.5. The molecule has 0 aromatic heterocycles. The van der Waals surface area contributed by atoms with E-state index in [1.54, 1.807) is 0 Å². The van der Waals surface area contributed by atoms with Crippen molar-refractivity contribution in [2.24, 2.45) is 57.2 Å². The fourth-order valence-corrected chi connectivity index (χ4v) is 15.4. The summed E-state index contributed by atoms with van der Waals surface area (Å²) >= 11 is 0. The molecule has 3 heterocycles. The average Bonchev–Trinajstić information content (AvgIpc) is 3.24. The highest BCUT2D eigenvalue weighted by Crippen LogP contribution is 2.75. The predicted octanol–water partition coefficient (Wildman–Crippen LogP) is 1.50. The summed E-state index contributed by atoms with van der Waals surface area (Å²) in [6.45, 7) is 20.8. The Morgan fingerprint density at radius 2 is 1.25 bits per heavy atom. The third kappa shape index (κ3) is 7.37. The van der Waals surface area contributed by atoms with Gasteiger partial charge in [0.25, 0.3) is 0 Å². The van der Waals surface area contributed by atoms with Crippen molar-refractivity contribution in [3.05, 3.63) is 11.1 Å². The Morgan fingerprint density at radius 1 is 0.625 bits per heavy atom. The molecule has 26 atom stereocenters. The third-order valence-corrected chi connectivity index (χ3v) is 19.9. The fourth-order valence-electron chi connectivity index (χ4n) is 15.4. The minimum absolute atomic E-state index is 0.0601. The van der Waals surface area contributed by atoms with Crippen molar-refractivity contribution in [1.29, 1.82) is 0 Å². The first-order valence-corrected chi connectivity index (χ1v) is 24.2. The molecule has 16 nitrogen and oxygen atoms in total. The summed E-state index contributed by atoms with van der Waals surface area (Å²) in [6, 6.07) is 0. The van der Waals surface area contributed by atoms with E-state index >= 15 is 0 Å². The molecule has 5 aliphatic carbocycles. The molecule has 7 fully saturated rings. The summed E-state index contributed by atoms with van der Waals surface area (Å²) in [6.07, 6.45) is -16.4. The van der Waals surface area contributed by atoms with Gasteiger partial charge in [-0.05, 0) is 127 Å². The Labute approximate surface area is 378 Å². The zero-order valence-electron chi connectivity index (χ0n) is 39.5. The standard InChI is InChI=1S/C48H80O16/c1-20-21(2)24-11-15-47(9)32(31(24)48(10,58)22(20)3)25(50)17-29-45(7)14-13-30(44(5,6)28(45)12-16-46(29,47)8)62-43-40(64-41-37(56)35(54)33(52)23(4)60-41)39(26(51)19-59-43)63-42-38(57)36(55)34(53)27(18-49)61-42/h20-30,33-43,49-58H,11-19H2,1-10H3/t20-,21+,22+,23+,24?,25-,26-,27+,28?,29?,30?,33+,34+,35+,36-,37+,38+,39+,40+,41-,42-,43-,45-,46+,47+,48+/m0/s1. The van der Waals surface area contributed by atoms with Crippen LogP contribution in [0.5, 0.6) is 0 Å². The number of rotatable bonds is 7. The Balaban J connectivity index is 1.08. The molecular weight excluding hydrogens is 833 g/mol. The molecule has 16 heteroatoms. The molecule has 368 valence electrons. The SMILES string of the molecule is C[C@@H]1[C@@H](C)[C@@](C)(O)C2=C3[C@@H](O)CC4[C@@]5(C)CCC(O[C@@H]6OC[C@H](O)[C@@H](O[C@@H]7O[C@H](CO)[C@@H](O)[C@H](O)[C@H]7O)[C@H]6O[C@@H]6O[C@H](C)[C@@H](O)[C@@H](O)[C@H]6O)C(C)(C)C5CC[C@@]4(C)[C@]3(C)CCC2[C@@H]1C. The predicted molar refractivity (Wildman–Crippen MR) is 229 cm³/mol. The van der Waals surface area contributed by atoms with Crippen LogP contribution < -0.4 is 0 Å². The maximum Gasteiger partial charge on any atom is 0.187 e. The van der Waals surface area contributed by atoms with Gasteiger partial charge in [0.1, 0.15) is 61.0 Å². The van der Waals surface area contributed by atoms with Crippen LogP contribution in [0, 0.1) is 57.2 Å². The van der Waals surface area contributed by atoms with Crippen LogP contribution in [0.4, 0.5) is 0 Å². The molecule has 8 rings (SSSR count). The summed E-state index contributed by atoms with van der Waals surface area (Å²) in [5.41, 5.74) is 0.0766. The monoisotopic (exact) mass is 913 g/mol. The highest BCUT2D eigenvalue weighted by Gasteiger charge is 2.70. The Bertz CT molecular complexity index is 1730. The van der Waals surface area contributed by atoms with E-state index in [1.807, 2.05) is 6.92 Å². The van der Waals surface area contributed by atoms with Gasteiger partial charge in [0.15, 0.2) is 18.9 Å². The van der Waals surface area contributed by atoms with Gasteiger partial charge in [0.05, 0.1) is 37.1 Å². The van der Waals surface area contributed by atoms with Gasteiger partial charge in [0, 0.05) is 0 Å². The molecule has 3 aliphatic heterocycles. The number of aliphatic hydroxyl groups is 10. The Morgan fingerprint density at radius 3 is 1.91 bits per heavy atom. The van der Waals surface area contributed by atoms with Crippen LogP contribution in [-0.2, 0) is 28.4 Å². The van der Waals surface area contributed by atoms with E-state index in [0.717, 1.165) is 43.3 Å². The van der Waals surface area contributed by atoms with Crippen molar-refractivity contribution in [1.82, 2.24) is 0 Å². The van der Waals surface area contributed by atoms with E-state index in [1.165, 1.54) is 6.92 Å². The van der Waals surface area contributed by atoms with Gasteiger partial charge in [0.2, 0.25) is 0 Å². The van der Waals surface area contributed by atoms with Crippen LogP contribution in [0.2, 0.25) is 0 Å². The number of fused-ring (bicyclic) bond motifs is 6. The van der Waals surface area contributed by atoms with E-state index in [9.17, 15) is 51.1 Å². The summed E-state index contributed by atoms with van der Waals surface area (Å²) in [5, 5.41) is 110. The lowest BCUT2D eigenvalue weighted by atomic mass is 9.34. The summed E-state index contributed by atoms with van der Waals surface area (Å²) in [4.78, 5) is 0. The zero-order valence-corrected chi connectivity index (χ0v) is 39.5. The minimum Gasteiger partial charge on any atom is -0.394 e. The number of hydrogen-bond acceptors (Lipinski definition) is 16. The van der Waals surface area contributed by atoms with Gasteiger partial charge in [-0.3, -0.25) is 0 Å². The first-order valence-electron chi connectivity index (χ1n) is 24.2. The highest BCUT2D eigenvalue weighted by molar-refractivity contribution is 5.42. The van der Waals surface area contributed by atoms with E-state index in [2.05, 4.69) is 55.4 Å². The molecule has 8 aliphatic rings. The average molecular weight is 913 g/mol.